The quantitative estimate of drug-likeness (QED) is 0.0118. The zero-order valence-corrected chi connectivity index (χ0v) is 85.5. The van der Waals surface area contributed by atoms with Gasteiger partial charge in [-0.1, -0.05) is 426 Å². The van der Waals surface area contributed by atoms with Gasteiger partial charge in [0.05, 0.1) is 26.4 Å². The zero-order chi connectivity index (χ0) is 94.6. The molecule has 746 valence electrons. The van der Waals surface area contributed by atoms with E-state index in [0.717, 1.165) is 133 Å². The number of fused-ring (bicyclic) bond motifs is 8. The normalized spacial score (nSPS) is 11.8. The third-order valence-corrected chi connectivity index (χ3v) is 26.5. The van der Waals surface area contributed by atoms with Gasteiger partial charge < -0.3 is 37.9 Å². The monoisotopic (exact) mass is 1830 g/mol. The maximum Gasteiger partial charge on any atom is 0.330 e. The lowest BCUT2D eigenvalue weighted by Gasteiger charge is -2.25. The number of benzene rings is 4. The highest BCUT2D eigenvalue weighted by atomic mass is 16.5. The van der Waals surface area contributed by atoms with Crippen LogP contribution >= 0.6 is 0 Å². The molecule has 4 aromatic carbocycles. The molecule has 0 heterocycles. The van der Waals surface area contributed by atoms with E-state index < -0.39 is 17.9 Å². The van der Waals surface area contributed by atoms with E-state index in [1.807, 2.05) is 6.92 Å². The molecule has 0 amide bonds. The maximum absolute atomic E-state index is 13.6. The summed E-state index contributed by atoms with van der Waals surface area (Å²) in [5.41, 5.74) is 9.63. The van der Waals surface area contributed by atoms with E-state index in [1.54, 1.807) is 0 Å². The van der Waals surface area contributed by atoms with Gasteiger partial charge in [-0.25, -0.2) is 4.79 Å². The van der Waals surface area contributed by atoms with Crippen LogP contribution in [0.3, 0.4) is 0 Å². The standard InChI is InChI=1S/C118H190O14/c1-9-15-19-23-27-31-35-39-43-47-51-55-59-63-67-71-75-125-115-103-81-99(93-129-111(121)13-5)83-105(115)90-107-85-101(95-131-113(123)79-97(7)119)87-109(117(107)127-77-73-69-65-61-57-53-49-45-41-37-33-29-25-21-17-11-3)92-110-88-102(96-132-114(124)80-98(8)120)86-108(118(110)128-78-74-70-66-62-58-54-50-46-42-38-34-30-26-22-18-12-4)91-106-84-100(94-130-112(122)14-6)82-104(89-103)116(106)126-76-72-68-64-60-56-52-48-44-40-36-32-28-24-20-16-10-2/h13,81-88H,5,9-12,14-80,89-96H2,1-4,6-8H3. The zero-order valence-electron chi connectivity index (χ0n) is 85.5. The number of esters is 4. The predicted molar refractivity (Wildman–Crippen MR) is 547 cm³/mol. The molecule has 0 radical (unpaired) electrons. The number of rotatable bonds is 86. The fourth-order valence-corrected chi connectivity index (χ4v) is 18.9. The summed E-state index contributed by atoms with van der Waals surface area (Å²) in [6.45, 7) is 19.0. The highest BCUT2D eigenvalue weighted by Crippen LogP contribution is 2.43. The SMILES string of the molecule is C=CC(=O)OCc1cc2c(OCCCCCCCCCCCCCCCCCC)c(c1)Cc1cc(COC(=O)CC(C)=O)cc(c1OCCCCCCCCCCCCCCCCCC)Cc1cc(COC(=O)CC(C)=O)cc(c1OCCCCCCCCCCCCCCCCCC)Cc1cc(COC(=O)CC)cc(c1OCCCCCCCCCCCCCCCCCC)C2. The first-order chi connectivity index (χ1) is 64.7. The number of hydrogen-bond donors (Lipinski definition) is 0. The Morgan fingerprint density at radius 1 is 0.235 bits per heavy atom. The molecule has 0 aliphatic heterocycles. The first-order valence-electron chi connectivity index (χ1n) is 55.0. The van der Waals surface area contributed by atoms with E-state index in [1.165, 1.54) is 354 Å². The minimum absolute atomic E-state index is 0.0146. The van der Waals surface area contributed by atoms with Crippen LogP contribution in [-0.2, 0) is 99.8 Å². The molecule has 1 aliphatic rings. The Morgan fingerprint density at radius 3 is 0.553 bits per heavy atom. The van der Waals surface area contributed by atoms with Crippen molar-refractivity contribution >= 4 is 35.4 Å². The van der Waals surface area contributed by atoms with E-state index in [0.29, 0.717) is 73.4 Å². The Kier molecular flexibility index (Phi) is 68.4. The minimum atomic E-state index is -0.621. The van der Waals surface area contributed by atoms with Crippen LogP contribution in [0.4, 0.5) is 0 Å². The van der Waals surface area contributed by atoms with Gasteiger partial charge >= 0.3 is 23.9 Å². The molecule has 4 aromatic rings. The van der Waals surface area contributed by atoms with Gasteiger partial charge in [-0.15, -0.1) is 0 Å². The van der Waals surface area contributed by atoms with Crippen molar-refractivity contribution < 1.29 is 66.7 Å². The average Bonchev–Trinajstić information content (AvgIpc) is 0.771. The van der Waals surface area contributed by atoms with Crippen LogP contribution in [-0.4, -0.2) is 61.9 Å². The van der Waals surface area contributed by atoms with Crippen LogP contribution in [0.1, 0.15) is 545 Å². The van der Waals surface area contributed by atoms with Crippen molar-refractivity contribution in [3.8, 4) is 23.0 Å². The summed E-state index contributed by atoms with van der Waals surface area (Å²) < 4.78 is 53.8. The van der Waals surface area contributed by atoms with E-state index in [9.17, 15) is 28.8 Å². The Morgan fingerprint density at radius 2 is 0.394 bits per heavy atom. The molecule has 0 unspecified atom stereocenters. The van der Waals surface area contributed by atoms with E-state index >= 15 is 0 Å². The molecular formula is C118H190O14. The average molecular weight is 1830 g/mol. The van der Waals surface area contributed by atoms with Crippen molar-refractivity contribution in [1.29, 1.82) is 0 Å². The highest BCUT2D eigenvalue weighted by Gasteiger charge is 2.27. The molecule has 0 spiro atoms. The van der Waals surface area contributed by atoms with Gasteiger partial charge in [-0.3, -0.25) is 24.0 Å². The molecule has 5 rings (SSSR count). The second-order valence-electron chi connectivity index (χ2n) is 39.2. The fourth-order valence-electron chi connectivity index (χ4n) is 18.9. The summed E-state index contributed by atoms with van der Waals surface area (Å²) in [4.78, 5) is 79.0. The van der Waals surface area contributed by atoms with Gasteiger partial charge in [0.15, 0.2) is 0 Å². The van der Waals surface area contributed by atoms with Crippen molar-refractivity contribution in [3.05, 3.63) is 128 Å². The molecular weight excluding hydrogens is 1640 g/mol. The molecule has 8 bridgehead atoms. The number of ketones is 2. The molecule has 0 saturated heterocycles. The number of hydrogen-bond acceptors (Lipinski definition) is 14. The largest absolute Gasteiger partial charge is 0.493 e. The Hall–Kier alpha value is -6.96. The van der Waals surface area contributed by atoms with Crippen LogP contribution < -0.4 is 18.9 Å². The number of unbranched alkanes of at least 4 members (excludes halogenated alkanes) is 60. The van der Waals surface area contributed by atoms with Gasteiger partial charge in [-0.05, 0) is 155 Å². The van der Waals surface area contributed by atoms with Gasteiger partial charge in [0.25, 0.3) is 0 Å². The summed E-state index contributed by atoms with van der Waals surface area (Å²) in [6.07, 6.45) is 81.8. The molecule has 0 fully saturated rings. The highest BCUT2D eigenvalue weighted by molar-refractivity contribution is 5.94. The molecule has 0 N–H and O–H groups in total. The van der Waals surface area contributed by atoms with Crippen molar-refractivity contribution in [3.63, 3.8) is 0 Å². The Balaban J connectivity index is 1.69. The summed E-state index contributed by atoms with van der Waals surface area (Å²) >= 11 is 0. The van der Waals surface area contributed by atoms with Crippen LogP contribution in [0, 0.1) is 0 Å². The fraction of sp³-hybridized carbons (Fsp3) is 0.729. The topological polar surface area (TPSA) is 176 Å². The van der Waals surface area contributed by atoms with Crippen molar-refractivity contribution in [2.75, 3.05) is 26.4 Å². The van der Waals surface area contributed by atoms with Crippen molar-refractivity contribution in [2.45, 2.75) is 531 Å². The number of carbonyl (C=O) groups is 6. The Bertz CT molecular complexity index is 3700. The van der Waals surface area contributed by atoms with E-state index in [2.05, 4.69) is 82.8 Å². The number of Topliss-reactive ketones (excluding diaryl/α,β-unsaturated/α-hetero) is 2. The van der Waals surface area contributed by atoms with Crippen LogP contribution in [0.15, 0.2) is 61.2 Å². The van der Waals surface area contributed by atoms with Gasteiger partial charge in [0.2, 0.25) is 0 Å². The summed E-state index contributed by atoms with van der Waals surface area (Å²) in [5.74, 6) is 0.105. The van der Waals surface area contributed by atoms with Crippen LogP contribution in [0.25, 0.3) is 0 Å². The van der Waals surface area contributed by atoms with Crippen molar-refractivity contribution in [1.82, 2.24) is 0 Å². The van der Waals surface area contributed by atoms with Crippen molar-refractivity contribution in [2.24, 2.45) is 0 Å². The first kappa shape index (κ1) is 116. The molecule has 0 saturated carbocycles. The van der Waals surface area contributed by atoms with E-state index in [4.69, 9.17) is 37.9 Å². The van der Waals surface area contributed by atoms with Crippen LogP contribution in [0.5, 0.6) is 23.0 Å². The lowest BCUT2D eigenvalue weighted by atomic mass is 9.88. The third kappa shape index (κ3) is 55.9. The summed E-state index contributed by atoms with van der Waals surface area (Å²) in [5, 5.41) is 0. The lowest BCUT2D eigenvalue weighted by molar-refractivity contribution is -0.148. The number of carbonyl (C=O) groups excluding carboxylic acids is 6. The molecule has 132 heavy (non-hydrogen) atoms. The smallest absolute Gasteiger partial charge is 0.330 e. The summed E-state index contributed by atoms with van der Waals surface area (Å²) in [7, 11) is 0. The van der Waals surface area contributed by atoms with Crippen LogP contribution in [0.2, 0.25) is 0 Å². The maximum atomic E-state index is 13.6. The second-order valence-corrected chi connectivity index (χ2v) is 39.2. The molecule has 14 heteroatoms. The lowest BCUT2D eigenvalue weighted by Crippen LogP contribution is -2.13. The predicted octanol–water partition coefficient (Wildman–Crippen LogP) is 33.7. The second kappa shape index (κ2) is 78.1. The third-order valence-electron chi connectivity index (χ3n) is 26.5. The van der Waals surface area contributed by atoms with Gasteiger partial charge in [-0.2, -0.15) is 0 Å². The molecule has 14 nitrogen and oxygen atoms in total. The van der Waals surface area contributed by atoms with Gasteiger partial charge in [0, 0.05) is 38.2 Å². The van der Waals surface area contributed by atoms with E-state index in [-0.39, 0.29) is 76.1 Å². The Labute approximate surface area is 805 Å². The van der Waals surface area contributed by atoms with Gasteiger partial charge in [0.1, 0.15) is 73.8 Å². The summed E-state index contributed by atoms with van der Waals surface area (Å²) in [6, 6.07) is 16.7. The molecule has 0 aromatic heterocycles. The first-order valence-corrected chi connectivity index (χ1v) is 55.0. The molecule has 1 aliphatic carbocycles. The number of ether oxygens (including phenoxy) is 8. The molecule has 0 atom stereocenters. The minimum Gasteiger partial charge on any atom is -0.493 e.